The maximum atomic E-state index is 6.71. The average molecular weight is 282 g/mol. The lowest BCUT2D eigenvalue weighted by Gasteiger charge is -2.43. The number of rotatable bonds is 4. The van der Waals surface area contributed by atoms with Gasteiger partial charge in [0.25, 0.3) is 0 Å². The predicted molar refractivity (Wildman–Crippen MR) is 90.4 cm³/mol. The van der Waals surface area contributed by atoms with E-state index in [1.54, 1.807) is 0 Å². The van der Waals surface area contributed by atoms with Gasteiger partial charge < -0.3 is 5.73 Å². The van der Waals surface area contributed by atoms with Crippen LogP contribution in [-0.4, -0.2) is 23.5 Å². The molecule has 1 saturated heterocycles. The van der Waals surface area contributed by atoms with Gasteiger partial charge in [-0.05, 0) is 61.7 Å². The Bertz CT molecular complexity index is 616. The molecule has 3 rings (SSSR count). The van der Waals surface area contributed by atoms with Crippen LogP contribution >= 0.6 is 0 Å². The summed E-state index contributed by atoms with van der Waals surface area (Å²) >= 11 is 0. The summed E-state index contributed by atoms with van der Waals surface area (Å²) in [4.78, 5) is 2.59. The molecular weight excluding hydrogens is 256 g/mol. The third-order valence-electron chi connectivity index (χ3n) is 5.35. The van der Waals surface area contributed by atoms with E-state index in [9.17, 15) is 0 Å². The Morgan fingerprint density at radius 2 is 1.76 bits per heavy atom. The maximum absolute atomic E-state index is 6.71. The van der Waals surface area contributed by atoms with Gasteiger partial charge in [0, 0.05) is 11.6 Å². The quantitative estimate of drug-likeness (QED) is 0.914. The van der Waals surface area contributed by atoms with Crippen LogP contribution in [0.1, 0.15) is 44.7 Å². The van der Waals surface area contributed by atoms with Crippen molar-refractivity contribution in [2.24, 2.45) is 5.73 Å². The van der Waals surface area contributed by atoms with Crippen LogP contribution in [0.4, 0.5) is 0 Å². The first kappa shape index (κ1) is 14.6. The number of fused-ring (bicyclic) bond motifs is 1. The minimum Gasteiger partial charge on any atom is -0.322 e. The predicted octanol–water partition coefficient (Wildman–Crippen LogP) is 4.10. The van der Waals surface area contributed by atoms with Crippen molar-refractivity contribution in [3.8, 4) is 0 Å². The van der Waals surface area contributed by atoms with Gasteiger partial charge in [-0.15, -0.1) is 0 Å². The van der Waals surface area contributed by atoms with Crippen LogP contribution in [-0.2, 0) is 0 Å². The summed E-state index contributed by atoms with van der Waals surface area (Å²) in [6, 6.07) is 15.2. The molecule has 1 heterocycles. The summed E-state index contributed by atoms with van der Waals surface area (Å²) in [5, 5.41) is 2.57. The molecule has 1 aliphatic rings. The standard InChI is InChI=1S/C19H26N2/c1-3-19(2,21-12-6-7-13-21)18(20)17-11-10-15-8-4-5-9-16(15)14-17/h4-5,8-11,14,18H,3,6-7,12-13,20H2,1-2H3. The van der Waals surface area contributed by atoms with Crippen molar-refractivity contribution in [3.05, 3.63) is 48.0 Å². The largest absolute Gasteiger partial charge is 0.322 e. The molecule has 0 aromatic heterocycles. The highest BCUT2D eigenvalue weighted by Crippen LogP contribution is 2.35. The zero-order chi connectivity index (χ0) is 14.9. The second kappa shape index (κ2) is 5.78. The highest BCUT2D eigenvalue weighted by molar-refractivity contribution is 5.83. The van der Waals surface area contributed by atoms with E-state index in [4.69, 9.17) is 5.73 Å². The van der Waals surface area contributed by atoms with Gasteiger partial charge in [0.1, 0.15) is 0 Å². The molecule has 1 fully saturated rings. The van der Waals surface area contributed by atoms with Crippen LogP contribution in [0.25, 0.3) is 10.8 Å². The molecule has 21 heavy (non-hydrogen) atoms. The van der Waals surface area contributed by atoms with Gasteiger partial charge in [-0.2, -0.15) is 0 Å². The topological polar surface area (TPSA) is 29.3 Å². The Balaban J connectivity index is 1.95. The van der Waals surface area contributed by atoms with E-state index in [2.05, 4.69) is 61.2 Å². The van der Waals surface area contributed by atoms with Crippen LogP contribution in [0.3, 0.4) is 0 Å². The van der Waals surface area contributed by atoms with Crippen molar-refractivity contribution in [1.29, 1.82) is 0 Å². The highest BCUT2D eigenvalue weighted by Gasteiger charge is 2.38. The first-order valence-corrected chi connectivity index (χ1v) is 8.14. The zero-order valence-electron chi connectivity index (χ0n) is 13.2. The molecule has 0 bridgehead atoms. The second-order valence-corrected chi connectivity index (χ2v) is 6.49. The Kier molecular flexibility index (Phi) is 4.01. The van der Waals surface area contributed by atoms with Crippen LogP contribution in [0.15, 0.2) is 42.5 Å². The molecule has 0 saturated carbocycles. The molecule has 2 atom stereocenters. The monoisotopic (exact) mass is 282 g/mol. The summed E-state index contributed by atoms with van der Waals surface area (Å²) in [5.41, 5.74) is 8.02. The van der Waals surface area contributed by atoms with E-state index in [0.29, 0.717) is 0 Å². The molecular formula is C19H26N2. The first-order valence-electron chi connectivity index (χ1n) is 8.14. The molecule has 112 valence electrons. The summed E-state index contributed by atoms with van der Waals surface area (Å²) in [6.45, 7) is 6.97. The Labute approximate surface area is 127 Å². The van der Waals surface area contributed by atoms with Crippen molar-refractivity contribution in [3.63, 3.8) is 0 Å². The molecule has 1 aliphatic heterocycles. The van der Waals surface area contributed by atoms with E-state index in [0.717, 1.165) is 6.42 Å². The SMILES string of the molecule is CCC(C)(C(N)c1ccc2ccccc2c1)N1CCCC1. The van der Waals surface area contributed by atoms with Crippen LogP contribution in [0.2, 0.25) is 0 Å². The van der Waals surface area contributed by atoms with Gasteiger partial charge >= 0.3 is 0 Å². The average Bonchev–Trinajstić information content (AvgIpc) is 3.08. The summed E-state index contributed by atoms with van der Waals surface area (Å²) in [5.74, 6) is 0. The van der Waals surface area contributed by atoms with Crippen LogP contribution in [0.5, 0.6) is 0 Å². The highest BCUT2D eigenvalue weighted by atomic mass is 15.2. The fraction of sp³-hybridized carbons (Fsp3) is 0.474. The number of nitrogens with two attached hydrogens (primary N) is 1. The first-order chi connectivity index (χ1) is 10.1. The molecule has 2 unspecified atom stereocenters. The number of benzene rings is 2. The molecule has 2 heteroatoms. The number of nitrogens with zero attached hydrogens (tertiary/aromatic N) is 1. The van der Waals surface area contributed by atoms with Crippen molar-refractivity contribution >= 4 is 10.8 Å². The summed E-state index contributed by atoms with van der Waals surface area (Å²) < 4.78 is 0. The lowest BCUT2D eigenvalue weighted by Crippen LogP contribution is -2.51. The van der Waals surface area contributed by atoms with Crippen LogP contribution < -0.4 is 5.73 Å². The normalized spacial score (nSPS) is 20.5. The molecule has 0 radical (unpaired) electrons. The third kappa shape index (κ3) is 2.58. The van der Waals surface area contributed by atoms with Gasteiger partial charge in [-0.25, -0.2) is 0 Å². The molecule has 0 spiro atoms. The molecule has 2 nitrogen and oxygen atoms in total. The van der Waals surface area contributed by atoms with Gasteiger partial charge in [0.05, 0.1) is 0 Å². The number of likely N-dealkylation sites (tertiary alicyclic amines) is 1. The molecule has 2 N–H and O–H groups in total. The maximum Gasteiger partial charge on any atom is 0.0479 e. The van der Waals surface area contributed by atoms with Gasteiger partial charge in [0.15, 0.2) is 0 Å². The van der Waals surface area contributed by atoms with E-state index in [-0.39, 0.29) is 11.6 Å². The second-order valence-electron chi connectivity index (χ2n) is 6.49. The van der Waals surface area contributed by atoms with Crippen LogP contribution in [0, 0.1) is 0 Å². The van der Waals surface area contributed by atoms with Gasteiger partial charge in [-0.3, -0.25) is 4.90 Å². The van der Waals surface area contributed by atoms with Crippen molar-refractivity contribution in [2.75, 3.05) is 13.1 Å². The minimum absolute atomic E-state index is 0.0545. The molecule has 0 aliphatic carbocycles. The van der Waals surface area contributed by atoms with E-state index < -0.39 is 0 Å². The van der Waals surface area contributed by atoms with Gasteiger partial charge in [0.2, 0.25) is 0 Å². The van der Waals surface area contributed by atoms with E-state index in [1.807, 2.05) is 0 Å². The fourth-order valence-electron chi connectivity index (χ4n) is 3.63. The Hall–Kier alpha value is -1.38. The van der Waals surface area contributed by atoms with E-state index in [1.165, 1.54) is 42.3 Å². The Morgan fingerprint density at radius 1 is 1.10 bits per heavy atom. The lowest BCUT2D eigenvalue weighted by molar-refractivity contribution is 0.100. The minimum atomic E-state index is 0.0545. The fourth-order valence-corrected chi connectivity index (χ4v) is 3.63. The van der Waals surface area contributed by atoms with Gasteiger partial charge in [-0.1, -0.05) is 43.3 Å². The van der Waals surface area contributed by atoms with E-state index >= 15 is 0 Å². The zero-order valence-corrected chi connectivity index (χ0v) is 13.2. The molecule has 2 aromatic carbocycles. The number of hydrogen-bond donors (Lipinski definition) is 1. The molecule has 2 aromatic rings. The van der Waals surface area contributed by atoms with Crippen molar-refractivity contribution in [2.45, 2.75) is 44.7 Å². The number of hydrogen-bond acceptors (Lipinski definition) is 2. The Morgan fingerprint density at radius 3 is 2.43 bits per heavy atom. The summed E-state index contributed by atoms with van der Waals surface area (Å²) in [7, 11) is 0. The third-order valence-corrected chi connectivity index (χ3v) is 5.35. The van der Waals surface area contributed by atoms with Crippen molar-refractivity contribution in [1.82, 2.24) is 4.90 Å². The van der Waals surface area contributed by atoms with Crippen molar-refractivity contribution < 1.29 is 0 Å². The summed E-state index contributed by atoms with van der Waals surface area (Å²) in [6.07, 6.45) is 3.70. The smallest absolute Gasteiger partial charge is 0.0479 e. The molecule has 0 amide bonds. The lowest BCUT2D eigenvalue weighted by atomic mass is 9.83.